The molecule has 0 aliphatic carbocycles. The van der Waals surface area contributed by atoms with Crippen LogP contribution in [0, 0.1) is 0 Å². The van der Waals surface area contributed by atoms with Gasteiger partial charge in [-0.15, -0.1) is 0 Å². The molecule has 0 unspecified atom stereocenters. The van der Waals surface area contributed by atoms with Gasteiger partial charge < -0.3 is 33.9 Å². The zero-order chi connectivity index (χ0) is 20.8. The monoisotopic (exact) mass is 437 g/mol. The highest BCUT2D eigenvalue weighted by Crippen LogP contribution is 2.35. The first kappa shape index (κ1) is 22.4. The molecular weight excluding hydrogens is 416 g/mol. The number of rotatable bonds is 11. The minimum Gasteiger partial charge on any atom is -0.500 e. The fourth-order valence-corrected chi connectivity index (χ4v) is 3.07. The van der Waals surface area contributed by atoms with Gasteiger partial charge in [0.2, 0.25) is 0 Å². The molecule has 28 heavy (non-hydrogen) atoms. The molecule has 2 aromatic rings. The van der Waals surface area contributed by atoms with Crippen molar-refractivity contribution in [3.63, 3.8) is 0 Å². The van der Waals surface area contributed by atoms with Crippen LogP contribution < -0.4 is 5.56 Å². The second-order valence-electron chi connectivity index (χ2n) is 5.82. The highest BCUT2D eigenvalue weighted by Gasteiger charge is 2.16. The van der Waals surface area contributed by atoms with E-state index in [1.165, 1.54) is 12.7 Å². The Labute approximate surface area is 159 Å². The predicted octanol–water partition coefficient (Wildman–Crippen LogP) is -0.735. The Balaban J connectivity index is 1.97. The van der Waals surface area contributed by atoms with Gasteiger partial charge in [0.05, 0.1) is 37.5 Å². The lowest BCUT2D eigenvalue weighted by Gasteiger charge is -2.22. The summed E-state index contributed by atoms with van der Waals surface area (Å²) in [7, 11) is -8.50. The summed E-state index contributed by atoms with van der Waals surface area (Å²) in [5, 5.41) is 0. The summed E-state index contributed by atoms with van der Waals surface area (Å²) < 4.78 is 28.5. The first-order valence-corrected chi connectivity index (χ1v) is 11.5. The standard InChI is InChI=1S/C13H21N5O8P2/c19-13-11-12(14-9-15-13)18(10-16-11)2-1-17(4-7-27(20,21)22)3-5-26-6-8-28(23,24)25/h6,8-10H,1-5,7H2,(H,14,15,19)(H2,20,21,22)(H2,23,24,25)/b8-6+. The quantitative estimate of drug-likeness (QED) is 0.169. The van der Waals surface area contributed by atoms with Gasteiger partial charge in [-0.05, 0) is 0 Å². The number of hydrogen-bond donors (Lipinski definition) is 5. The number of nitrogens with zero attached hydrogens (tertiary/aromatic N) is 4. The Bertz CT molecular complexity index is 961. The van der Waals surface area contributed by atoms with Crippen molar-refractivity contribution in [2.75, 3.05) is 32.4 Å². The summed E-state index contributed by atoms with van der Waals surface area (Å²) >= 11 is 0. The molecule has 0 aliphatic heterocycles. The van der Waals surface area contributed by atoms with Crippen molar-refractivity contribution in [2.45, 2.75) is 6.54 Å². The van der Waals surface area contributed by atoms with E-state index in [0.29, 0.717) is 24.6 Å². The van der Waals surface area contributed by atoms with E-state index in [2.05, 4.69) is 15.0 Å². The Hall–Kier alpha value is -1.85. The minimum absolute atomic E-state index is 0.0558. The zero-order valence-electron chi connectivity index (χ0n) is 14.7. The summed E-state index contributed by atoms with van der Waals surface area (Å²) in [5.41, 5.74) is 0.210. The van der Waals surface area contributed by atoms with E-state index in [1.54, 1.807) is 9.47 Å². The van der Waals surface area contributed by atoms with E-state index in [9.17, 15) is 13.9 Å². The SMILES string of the molecule is O=c1[nH]cnc2c1ncn2CCN(CCO/C=C/P(=O)(O)O)CCP(=O)(O)O. The average molecular weight is 437 g/mol. The molecule has 0 saturated carbocycles. The van der Waals surface area contributed by atoms with E-state index >= 15 is 0 Å². The summed E-state index contributed by atoms with van der Waals surface area (Å²) in [4.78, 5) is 59.4. The Kier molecular flexibility index (Phi) is 7.67. The summed E-state index contributed by atoms with van der Waals surface area (Å²) in [5.74, 6) is 0.619. The number of fused-ring (bicyclic) bond motifs is 1. The predicted molar refractivity (Wildman–Crippen MR) is 98.6 cm³/mol. The first-order valence-electron chi connectivity index (χ1n) is 8.05. The summed E-state index contributed by atoms with van der Waals surface area (Å²) in [6.45, 7) is 1.10. The number of hydrogen-bond acceptors (Lipinski definition) is 7. The van der Waals surface area contributed by atoms with E-state index in [1.807, 2.05) is 0 Å². The third kappa shape index (κ3) is 7.64. The molecule has 0 fully saturated rings. The van der Waals surface area contributed by atoms with Crippen LogP contribution in [0.3, 0.4) is 0 Å². The number of ether oxygens (including phenoxy) is 1. The third-order valence-corrected chi connectivity index (χ3v) is 4.94. The number of aromatic amines is 1. The minimum atomic E-state index is -4.31. The molecule has 2 aromatic heterocycles. The highest BCUT2D eigenvalue weighted by molar-refractivity contribution is 7.55. The fourth-order valence-electron chi connectivity index (χ4n) is 2.28. The molecule has 15 heteroatoms. The number of imidazole rings is 1. The van der Waals surface area contributed by atoms with Crippen molar-refractivity contribution in [1.82, 2.24) is 24.4 Å². The van der Waals surface area contributed by atoms with Crippen molar-refractivity contribution in [2.24, 2.45) is 0 Å². The number of aromatic nitrogens is 4. The Morgan fingerprint density at radius 2 is 1.93 bits per heavy atom. The molecule has 13 nitrogen and oxygen atoms in total. The van der Waals surface area contributed by atoms with Gasteiger partial charge in [-0.3, -0.25) is 18.8 Å². The number of H-pyrrole nitrogens is 1. The third-order valence-electron chi connectivity index (χ3n) is 3.65. The van der Waals surface area contributed by atoms with Crippen molar-refractivity contribution in [3.05, 3.63) is 35.1 Å². The molecular formula is C13H21N5O8P2. The van der Waals surface area contributed by atoms with Crippen LogP contribution in [0.15, 0.2) is 29.5 Å². The maximum atomic E-state index is 11.7. The van der Waals surface area contributed by atoms with Gasteiger partial charge in [-0.25, -0.2) is 9.97 Å². The van der Waals surface area contributed by atoms with Gasteiger partial charge in [0.15, 0.2) is 11.2 Å². The van der Waals surface area contributed by atoms with Crippen LogP contribution in [-0.2, 0) is 20.4 Å². The molecule has 0 spiro atoms. The second-order valence-corrected chi connectivity index (χ2v) is 9.07. The largest absolute Gasteiger partial charge is 0.500 e. The van der Waals surface area contributed by atoms with E-state index < -0.39 is 15.2 Å². The van der Waals surface area contributed by atoms with E-state index in [0.717, 1.165) is 6.26 Å². The van der Waals surface area contributed by atoms with Crippen LogP contribution in [0.5, 0.6) is 0 Å². The van der Waals surface area contributed by atoms with Crippen LogP contribution in [0.1, 0.15) is 0 Å². The Morgan fingerprint density at radius 3 is 2.61 bits per heavy atom. The smallest absolute Gasteiger partial charge is 0.352 e. The second kappa shape index (κ2) is 9.57. The lowest BCUT2D eigenvalue weighted by Crippen LogP contribution is -2.33. The lowest BCUT2D eigenvalue weighted by molar-refractivity contribution is 0.177. The number of nitrogens with one attached hydrogen (secondary N) is 1. The van der Waals surface area contributed by atoms with Crippen LogP contribution in [0.2, 0.25) is 0 Å². The molecule has 0 amide bonds. The van der Waals surface area contributed by atoms with Crippen LogP contribution >= 0.6 is 15.2 Å². The van der Waals surface area contributed by atoms with Crippen molar-refractivity contribution >= 4 is 26.4 Å². The van der Waals surface area contributed by atoms with Gasteiger partial charge in [-0.2, -0.15) is 0 Å². The molecule has 0 bridgehead atoms. The normalized spacial score (nSPS) is 13.0. The lowest BCUT2D eigenvalue weighted by atomic mass is 10.4. The Morgan fingerprint density at radius 1 is 1.18 bits per heavy atom. The zero-order valence-corrected chi connectivity index (χ0v) is 16.4. The molecule has 0 saturated heterocycles. The molecule has 156 valence electrons. The van der Waals surface area contributed by atoms with Crippen molar-refractivity contribution in [3.8, 4) is 0 Å². The molecule has 0 aliphatic rings. The molecule has 0 aromatic carbocycles. The summed E-state index contributed by atoms with van der Waals surface area (Å²) in [6, 6.07) is 0. The van der Waals surface area contributed by atoms with E-state index in [4.69, 9.17) is 24.3 Å². The molecule has 2 heterocycles. The molecule has 5 N–H and O–H groups in total. The van der Waals surface area contributed by atoms with Gasteiger partial charge in [0.1, 0.15) is 0 Å². The average Bonchev–Trinajstić information content (AvgIpc) is 2.99. The van der Waals surface area contributed by atoms with Crippen LogP contribution in [0.25, 0.3) is 11.2 Å². The fraction of sp³-hybridized carbons (Fsp3) is 0.462. The topological polar surface area (TPSA) is 191 Å². The van der Waals surface area contributed by atoms with E-state index in [-0.39, 0.29) is 36.9 Å². The maximum absolute atomic E-state index is 11.7. The molecule has 0 atom stereocenters. The van der Waals surface area contributed by atoms with Gasteiger partial charge in [0.25, 0.3) is 5.56 Å². The van der Waals surface area contributed by atoms with Gasteiger partial charge in [0, 0.05) is 26.2 Å². The first-order chi connectivity index (χ1) is 13.1. The van der Waals surface area contributed by atoms with Crippen LogP contribution in [-0.4, -0.2) is 76.4 Å². The van der Waals surface area contributed by atoms with Gasteiger partial charge >= 0.3 is 15.2 Å². The summed E-state index contributed by atoms with van der Waals surface area (Å²) in [6.07, 6.45) is 3.25. The molecule has 2 rings (SSSR count). The van der Waals surface area contributed by atoms with Crippen molar-refractivity contribution in [1.29, 1.82) is 0 Å². The van der Waals surface area contributed by atoms with Gasteiger partial charge in [-0.1, -0.05) is 0 Å². The van der Waals surface area contributed by atoms with Crippen LogP contribution in [0.4, 0.5) is 0 Å². The maximum Gasteiger partial charge on any atom is 0.352 e. The highest BCUT2D eigenvalue weighted by atomic mass is 31.2. The molecule has 0 radical (unpaired) electrons. The van der Waals surface area contributed by atoms with Crippen molar-refractivity contribution < 1.29 is 33.4 Å².